The normalized spacial score (nSPS) is 20.9. The van der Waals surface area contributed by atoms with E-state index in [0.29, 0.717) is 5.56 Å². The van der Waals surface area contributed by atoms with E-state index >= 15 is 0 Å². The fourth-order valence-electron chi connectivity index (χ4n) is 1.84. The van der Waals surface area contributed by atoms with E-state index in [1.807, 2.05) is 0 Å². The number of carbonyl (C=O) groups excluding carboxylic acids is 1. The Balaban J connectivity index is 1.94. The van der Waals surface area contributed by atoms with Gasteiger partial charge in [-0.15, -0.1) is 11.6 Å². The maximum atomic E-state index is 11.3. The number of ether oxygens (including phenoxy) is 1. The highest BCUT2D eigenvalue weighted by Crippen LogP contribution is 2.14. The summed E-state index contributed by atoms with van der Waals surface area (Å²) >= 11 is 5.48. The molecular formula is C11H15ClN2O2. The summed E-state index contributed by atoms with van der Waals surface area (Å²) in [7, 11) is 0. The van der Waals surface area contributed by atoms with Crippen molar-refractivity contribution in [2.45, 2.75) is 31.9 Å². The Bertz CT molecular complexity index is 359. The molecule has 1 saturated heterocycles. The van der Waals surface area contributed by atoms with E-state index < -0.39 is 0 Å². The third-order valence-electron chi connectivity index (χ3n) is 2.74. The monoisotopic (exact) mass is 242 g/mol. The van der Waals surface area contributed by atoms with Gasteiger partial charge in [0.1, 0.15) is 0 Å². The van der Waals surface area contributed by atoms with Gasteiger partial charge in [-0.1, -0.05) is 0 Å². The highest BCUT2D eigenvalue weighted by molar-refractivity contribution is 6.30. The van der Waals surface area contributed by atoms with E-state index in [1.165, 1.54) is 6.42 Å². The van der Waals surface area contributed by atoms with Gasteiger partial charge in [-0.2, -0.15) is 5.10 Å². The third kappa shape index (κ3) is 2.83. The fraction of sp³-hybridized carbons (Fsp3) is 0.636. The first-order chi connectivity index (χ1) is 7.79. The lowest BCUT2D eigenvalue weighted by atomic mass is 10.1. The highest BCUT2D eigenvalue weighted by atomic mass is 35.5. The molecule has 0 bridgehead atoms. The van der Waals surface area contributed by atoms with Gasteiger partial charge in [0.25, 0.3) is 0 Å². The maximum absolute atomic E-state index is 11.3. The molecule has 0 amide bonds. The zero-order valence-corrected chi connectivity index (χ0v) is 9.82. The molecule has 1 fully saturated rings. The van der Waals surface area contributed by atoms with Crippen molar-refractivity contribution in [1.29, 1.82) is 0 Å². The molecular weight excluding hydrogens is 228 g/mol. The minimum atomic E-state index is -0.0857. The zero-order valence-electron chi connectivity index (χ0n) is 9.06. The van der Waals surface area contributed by atoms with Crippen molar-refractivity contribution in [1.82, 2.24) is 9.78 Å². The Kier molecular flexibility index (Phi) is 3.96. The molecule has 1 aromatic heterocycles. The number of nitrogens with zero attached hydrogens (tertiary/aromatic N) is 2. The SMILES string of the molecule is O=C(CCl)c1cnn(CC2CCCCO2)c1. The minimum absolute atomic E-state index is 0.00558. The van der Waals surface area contributed by atoms with E-state index in [9.17, 15) is 4.79 Å². The molecule has 1 atom stereocenters. The Morgan fingerprint density at radius 3 is 3.19 bits per heavy atom. The smallest absolute Gasteiger partial charge is 0.180 e. The molecule has 0 aromatic carbocycles. The van der Waals surface area contributed by atoms with Gasteiger partial charge in [0.2, 0.25) is 0 Å². The molecule has 0 aliphatic carbocycles. The van der Waals surface area contributed by atoms with Crippen LogP contribution in [0.15, 0.2) is 12.4 Å². The van der Waals surface area contributed by atoms with Crippen LogP contribution < -0.4 is 0 Å². The highest BCUT2D eigenvalue weighted by Gasteiger charge is 2.15. The maximum Gasteiger partial charge on any atom is 0.180 e. The van der Waals surface area contributed by atoms with Gasteiger partial charge in [0.15, 0.2) is 5.78 Å². The van der Waals surface area contributed by atoms with E-state index in [0.717, 1.165) is 26.0 Å². The predicted molar refractivity (Wildman–Crippen MR) is 60.9 cm³/mol. The average molecular weight is 243 g/mol. The molecule has 0 spiro atoms. The number of hydrogen-bond donors (Lipinski definition) is 0. The molecule has 1 aromatic rings. The van der Waals surface area contributed by atoms with Crippen LogP contribution in [0, 0.1) is 0 Å². The van der Waals surface area contributed by atoms with Crippen LogP contribution in [-0.4, -0.2) is 34.2 Å². The molecule has 0 radical (unpaired) electrons. The van der Waals surface area contributed by atoms with Gasteiger partial charge in [-0.3, -0.25) is 9.48 Å². The quantitative estimate of drug-likeness (QED) is 0.598. The van der Waals surface area contributed by atoms with Crippen molar-refractivity contribution in [3.8, 4) is 0 Å². The lowest BCUT2D eigenvalue weighted by molar-refractivity contribution is 0.00398. The molecule has 2 rings (SSSR count). The van der Waals surface area contributed by atoms with Crippen LogP contribution >= 0.6 is 11.6 Å². The van der Waals surface area contributed by atoms with Crippen LogP contribution in [0.25, 0.3) is 0 Å². The largest absolute Gasteiger partial charge is 0.376 e. The number of carbonyl (C=O) groups is 1. The number of Topliss-reactive ketones (excluding diaryl/α,β-unsaturated/α-hetero) is 1. The summed E-state index contributed by atoms with van der Waals surface area (Å²) in [5, 5.41) is 4.14. The van der Waals surface area contributed by atoms with Crippen molar-refractivity contribution in [3.05, 3.63) is 18.0 Å². The molecule has 4 nitrogen and oxygen atoms in total. The molecule has 1 aliphatic rings. The van der Waals surface area contributed by atoms with E-state index in [2.05, 4.69) is 5.10 Å². The van der Waals surface area contributed by atoms with Crippen LogP contribution in [0.1, 0.15) is 29.6 Å². The first-order valence-electron chi connectivity index (χ1n) is 5.53. The zero-order chi connectivity index (χ0) is 11.4. The van der Waals surface area contributed by atoms with Crippen LogP contribution in [0.5, 0.6) is 0 Å². The summed E-state index contributed by atoms with van der Waals surface area (Å²) in [4.78, 5) is 11.3. The Hall–Kier alpha value is -0.870. The van der Waals surface area contributed by atoms with Gasteiger partial charge < -0.3 is 4.74 Å². The Labute approximate surface area is 99.5 Å². The summed E-state index contributed by atoms with van der Waals surface area (Å²) in [5.74, 6) is -0.0801. The van der Waals surface area contributed by atoms with Crippen molar-refractivity contribution in [2.75, 3.05) is 12.5 Å². The molecule has 1 unspecified atom stereocenters. The predicted octanol–water partition coefficient (Wildman–Crippen LogP) is 1.87. The average Bonchev–Trinajstić information content (AvgIpc) is 2.78. The van der Waals surface area contributed by atoms with Gasteiger partial charge in [0, 0.05) is 12.8 Å². The molecule has 5 heteroatoms. The standard InChI is InChI=1S/C11H15ClN2O2/c12-5-11(15)9-6-13-14(7-9)8-10-3-1-2-4-16-10/h6-7,10H,1-5,8H2. The number of ketones is 1. The molecule has 2 heterocycles. The Morgan fingerprint density at radius 2 is 2.50 bits per heavy atom. The van der Waals surface area contributed by atoms with E-state index in [-0.39, 0.29) is 17.8 Å². The topological polar surface area (TPSA) is 44.1 Å². The van der Waals surface area contributed by atoms with Crippen molar-refractivity contribution >= 4 is 17.4 Å². The Morgan fingerprint density at radius 1 is 1.62 bits per heavy atom. The lowest BCUT2D eigenvalue weighted by Gasteiger charge is -2.22. The van der Waals surface area contributed by atoms with Crippen LogP contribution in [0.3, 0.4) is 0 Å². The minimum Gasteiger partial charge on any atom is -0.376 e. The molecule has 0 saturated carbocycles. The molecule has 0 N–H and O–H groups in total. The number of hydrogen-bond acceptors (Lipinski definition) is 3. The second-order valence-corrected chi connectivity index (χ2v) is 4.26. The van der Waals surface area contributed by atoms with Crippen LogP contribution in [0.4, 0.5) is 0 Å². The number of rotatable bonds is 4. The summed E-state index contributed by atoms with van der Waals surface area (Å²) in [6, 6.07) is 0. The van der Waals surface area contributed by atoms with Gasteiger partial charge >= 0.3 is 0 Å². The van der Waals surface area contributed by atoms with Gasteiger partial charge in [-0.05, 0) is 19.3 Å². The second-order valence-electron chi connectivity index (χ2n) is 4.00. The number of halogens is 1. The van der Waals surface area contributed by atoms with Gasteiger partial charge in [-0.25, -0.2) is 0 Å². The van der Waals surface area contributed by atoms with E-state index in [1.54, 1.807) is 17.1 Å². The molecule has 1 aliphatic heterocycles. The summed E-state index contributed by atoms with van der Waals surface area (Å²) in [5.41, 5.74) is 0.575. The van der Waals surface area contributed by atoms with Crippen LogP contribution in [0.2, 0.25) is 0 Å². The van der Waals surface area contributed by atoms with Crippen LogP contribution in [-0.2, 0) is 11.3 Å². The lowest BCUT2D eigenvalue weighted by Crippen LogP contribution is -2.24. The first kappa shape index (κ1) is 11.6. The molecule has 16 heavy (non-hydrogen) atoms. The van der Waals surface area contributed by atoms with Crippen molar-refractivity contribution < 1.29 is 9.53 Å². The second kappa shape index (κ2) is 5.46. The summed E-state index contributed by atoms with van der Waals surface area (Å²) < 4.78 is 7.37. The third-order valence-corrected chi connectivity index (χ3v) is 2.98. The number of alkyl halides is 1. The fourth-order valence-corrected chi connectivity index (χ4v) is 2.00. The van der Waals surface area contributed by atoms with E-state index in [4.69, 9.17) is 16.3 Å². The number of aromatic nitrogens is 2. The first-order valence-corrected chi connectivity index (χ1v) is 6.06. The molecule has 88 valence electrons. The van der Waals surface area contributed by atoms with Gasteiger partial charge in [0.05, 0.1) is 30.3 Å². The van der Waals surface area contributed by atoms with Crippen molar-refractivity contribution in [3.63, 3.8) is 0 Å². The van der Waals surface area contributed by atoms with Crippen molar-refractivity contribution in [2.24, 2.45) is 0 Å². The summed E-state index contributed by atoms with van der Waals surface area (Å²) in [6.45, 7) is 1.55. The summed E-state index contributed by atoms with van der Waals surface area (Å²) in [6.07, 6.45) is 6.95.